The van der Waals surface area contributed by atoms with Gasteiger partial charge in [0.1, 0.15) is 23.8 Å². The number of carbonyl (C=O) groups is 1. The first-order valence-electron chi connectivity index (χ1n) is 11.9. The lowest BCUT2D eigenvalue weighted by Gasteiger charge is -2.34. The average Bonchev–Trinajstić information content (AvgIpc) is 3.28. The number of nitrogens with zero attached hydrogens (tertiary/aromatic N) is 4. The normalized spacial score (nSPS) is 16.6. The summed E-state index contributed by atoms with van der Waals surface area (Å²) in [5.41, 5.74) is 2.32. The molecule has 1 amide bonds. The van der Waals surface area contributed by atoms with Crippen LogP contribution in [0, 0.1) is 23.1 Å². The average molecular weight is 494 g/mol. The fourth-order valence-corrected chi connectivity index (χ4v) is 4.24. The third-order valence-electron chi connectivity index (χ3n) is 6.33. The molecule has 0 bridgehead atoms. The molecule has 0 aliphatic carbocycles. The van der Waals surface area contributed by atoms with Gasteiger partial charge in [0.05, 0.1) is 16.9 Å². The highest BCUT2D eigenvalue weighted by Crippen LogP contribution is 2.27. The zero-order chi connectivity index (χ0) is 26.2. The van der Waals surface area contributed by atoms with Gasteiger partial charge in [-0.3, -0.25) is 4.79 Å². The molecular formula is C27H32FN5O3. The highest BCUT2D eigenvalue weighted by molar-refractivity contribution is 5.81. The van der Waals surface area contributed by atoms with Crippen LogP contribution in [0.1, 0.15) is 43.0 Å². The van der Waals surface area contributed by atoms with Gasteiger partial charge >= 0.3 is 0 Å². The number of nitrogens with one attached hydrogen (secondary N) is 1. The second-order valence-corrected chi connectivity index (χ2v) is 8.79. The Morgan fingerprint density at radius 2 is 2.11 bits per heavy atom. The van der Waals surface area contributed by atoms with E-state index in [1.165, 1.54) is 12.1 Å². The SMILES string of the molecule is C=C/C(=C\C=C/C)c1cn(C)c([C@H](O)[C@@H](O)C(=O)NCC2CCN(c3ccc(F)cc3C#N)CC2)n1. The van der Waals surface area contributed by atoms with Crippen LogP contribution in [0.4, 0.5) is 10.1 Å². The molecule has 2 aromatic rings. The molecule has 1 saturated heterocycles. The summed E-state index contributed by atoms with van der Waals surface area (Å²) in [4.78, 5) is 19.0. The van der Waals surface area contributed by atoms with Crippen LogP contribution in [0.3, 0.4) is 0 Å². The summed E-state index contributed by atoms with van der Waals surface area (Å²) in [5.74, 6) is -0.774. The standard InChI is InChI=1S/C27H32FN5O3/c1-4-6-7-19(5-2)22-17-32(3)26(31-22)24(34)25(35)27(36)30-16-18-10-12-33(13-11-18)23-9-8-21(28)14-20(23)15-29/h4-9,14,17-18,24-25,34-35H,2,10-13,16H2,1,3H3,(H,30,36)/b6-4-,19-7+/t24-,25-/m1/s1. The third kappa shape index (κ3) is 6.27. The minimum atomic E-state index is -1.68. The number of hydrogen-bond donors (Lipinski definition) is 3. The van der Waals surface area contributed by atoms with Gasteiger partial charge in [0.15, 0.2) is 6.10 Å². The van der Waals surface area contributed by atoms with Crippen molar-refractivity contribution in [1.29, 1.82) is 5.26 Å². The number of hydrogen-bond acceptors (Lipinski definition) is 6. The van der Waals surface area contributed by atoms with Gasteiger partial charge < -0.3 is 25.0 Å². The van der Waals surface area contributed by atoms with Crippen molar-refractivity contribution in [1.82, 2.24) is 14.9 Å². The molecule has 1 aliphatic rings. The molecule has 190 valence electrons. The van der Waals surface area contributed by atoms with Gasteiger partial charge in [0, 0.05) is 38.5 Å². The van der Waals surface area contributed by atoms with Gasteiger partial charge in [0.2, 0.25) is 0 Å². The van der Waals surface area contributed by atoms with E-state index in [4.69, 9.17) is 0 Å². The van der Waals surface area contributed by atoms with Gasteiger partial charge in [-0.1, -0.05) is 30.9 Å². The second kappa shape index (κ2) is 12.3. The quantitative estimate of drug-likeness (QED) is 0.463. The van der Waals surface area contributed by atoms with E-state index in [1.54, 1.807) is 30.0 Å². The van der Waals surface area contributed by atoms with Crippen molar-refractivity contribution in [2.75, 3.05) is 24.5 Å². The molecular weight excluding hydrogens is 461 g/mol. The summed E-state index contributed by atoms with van der Waals surface area (Å²) in [7, 11) is 1.68. The molecule has 3 rings (SSSR count). The van der Waals surface area contributed by atoms with Crippen molar-refractivity contribution in [2.45, 2.75) is 32.0 Å². The number of halogens is 1. The van der Waals surface area contributed by atoms with Gasteiger partial charge in [-0.25, -0.2) is 9.37 Å². The number of amides is 1. The highest BCUT2D eigenvalue weighted by Gasteiger charge is 2.30. The molecule has 1 fully saturated rings. The number of aliphatic hydroxyl groups excluding tert-OH is 2. The molecule has 2 atom stereocenters. The molecule has 3 N–H and O–H groups in total. The number of piperidine rings is 1. The van der Waals surface area contributed by atoms with Gasteiger partial charge in [-0.15, -0.1) is 0 Å². The van der Waals surface area contributed by atoms with Gasteiger partial charge in [-0.2, -0.15) is 5.26 Å². The van der Waals surface area contributed by atoms with E-state index in [0.29, 0.717) is 36.6 Å². The summed E-state index contributed by atoms with van der Waals surface area (Å²) in [5, 5.41) is 33.1. The molecule has 0 unspecified atom stereocenters. The second-order valence-electron chi connectivity index (χ2n) is 8.79. The van der Waals surface area contributed by atoms with E-state index in [0.717, 1.165) is 18.4 Å². The Hall–Kier alpha value is -3.74. The molecule has 1 aliphatic heterocycles. The van der Waals surface area contributed by atoms with Crippen molar-refractivity contribution in [3.05, 3.63) is 78.2 Å². The van der Waals surface area contributed by atoms with Crippen molar-refractivity contribution >= 4 is 17.2 Å². The minimum Gasteiger partial charge on any atom is -0.382 e. The summed E-state index contributed by atoms with van der Waals surface area (Å²) in [6, 6.07) is 6.23. The van der Waals surface area contributed by atoms with Crippen LogP contribution in [0.5, 0.6) is 0 Å². The topological polar surface area (TPSA) is 114 Å². The molecule has 2 heterocycles. The zero-order valence-electron chi connectivity index (χ0n) is 20.6. The van der Waals surface area contributed by atoms with Crippen LogP contribution in [-0.4, -0.2) is 51.4 Å². The number of aliphatic hydroxyl groups is 2. The zero-order valence-corrected chi connectivity index (χ0v) is 20.6. The predicted molar refractivity (Wildman–Crippen MR) is 136 cm³/mol. The molecule has 0 spiro atoms. The lowest BCUT2D eigenvalue weighted by atomic mass is 9.95. The van der Waals surface area contributed by atoms with Gasteiger partial charge in [-0.05, 0) is 43.9 Å². The summed E-state index contributed by atoms with van der Waals surface area (Å²) < 4.78 is 15.0. The summed E-state index contributed by atoms with van der Waals surface area (Å²) >= 11 is 0. The minimum absolute atomic E-state index is 0.168. The monoisotopic (exact) mass is 493 g/mol. The number of benzene rings is 1. The molecule has 0 saturated carbocycles. The van der Waals surface area contributed by atoms with Crippen LogP contribution in [0.2, 0.25) is 0 Å². The fraction of sp³-hybridized carbons (Fsp3) is 0.370. The number of rotatable bonds is 9. The Labute approximate surface area is 210 Å². The molecule has 8 nitrogen and oxygen atoms in total. The first-order chi connectivity index (χ1) is 17.3. The van der Waals surface area contributed by atoms with Crippen molar-refractivity contribution < 1.29 is 19.4 Å². The number of carbonyl (C=O) groups excluding carboxylic acids is 1. The number of nitriles is 1. The Balaban J connectivity index is 1.55. The largest absolute Gasteiger partial charge is 0.382 e. The van der Waals surface area contributed by atoms with Crippen LogP contribution in [0.25, 0.3) is 5.57 Å². The van der Waals surface area contributed by atoms with E-state index < -0.39 is 23.9 Å². The Bertz CT molecular complexity index is 1190. The molecule has 1 aromatic carbocycles. The number of allylic oxidation sites excluding steroid dienone is 5. The lowest BCUT2D eigenvalue weighted by molar-refractivity contribution is -0.136. The van der Waals surface area contributed by atoms with E-state index in [1.807, 2.05) is 36.1 Å². The first kappa shape index (κ1) is 26.9. The van der Waals surface area contributed by atoms with Crippen molar-refractivity contribution in [3.63, 3.8) is 0 Å². The maximum atomic E-state index is 13.4. The Kier molecular flexibility index (Phi) is 9.17. The lowest BCUT2D eigenvalue weighted by Crippen LogP contribution is -2.43. The molecule has 9 heteroatoms. The number of imidazole rings is 1. The van der Waals surface area contributed by atoms with Crippen LogP contribution >= 0.6 is 0 Å². The maximum Gasteiger partial charge on any atom is 0.252 e. The maximum absolute atomic E-state index is 13.4. The first-order valence-corrected chi connectivity index (χ1v) is 11.9. The molecule has 0 radical (unpaired) electrons. The van der Waals surface area contributed by atoms with Crippen LogP contribution in [0.15, 0.2) is 55.3 Å². The number of aryl methyl sites for hydroxylation is 1. The van der Waals surface area contributed by atoms with Crippen molar-refractivity contribution in [3.8, 4) is 6.07 Å². The van der Waals surface area contributed by atoms with E-state index >= 15 is 0 Å². The smallest absolute Gasteiger partial charge is 0.252 e. The van der Waals surface area contributed by atoms with Crippen LogP contribution < -0.4 is 10.2 Å². The summed E-state index contributed by atoms with van der Waals surface area (Å²) in [6.45, 7) is 7.34. The highest BCUT2D eigenvalue weighted by atomic mass is 19.1. The van der Waals surface area contributed by atoms with E-state index in [2.05, 4.69) is 16.9 Å². The number of aromatic nitrogens is 2. The van der Waals surface area contributed by atoms with Crippen molar-refractivity contribution in [2.24, 2.45) is 13.0 Å². The Morgan fingerprint density at radius 1 is 1.39 bits per heavy atom. The fourth-order valence-electron chi connectivity index (χ4n) is 4.24. The molecule has 36 heavy (non-hydrogen) atoms. The van der Waals surface area contributed by atoms with Crippen LogP contribution in [-0.2, 0) is 11.8 Å². The van der Waals surface area contributed by atoms with E-state index in [-0.39, 0.29) is 11.7 Å². The number of anilines is 1. The van der Waals surface area contributed by atoms with E-state index in [9.17, 15) is 24.7 Å². The predicted octanol–water partition coefficient (Wildman–Crippen LogP) is 3.00. The van der Waals surface area contributed by atoms with Gasteiger partial charge in [0.25, 0.3) is 5.91 Å². The summed E-state index contributed by atoms with van der Waals surface area (Å²) in [6.07, 6.45) is 7.22. The Morgan fingerprint density at radius 3 is 2.75 bits per heavy atom. The molecule has 1 aromatic heterocycles. The third-order valence-corrected chi connectivity index (χ3v) is 6.33.